The average Bonchev–Trinajstić information content (AvgIpc) is 2.49. The first-order valence-corrected chi connectivity index (χ1v) is 8.06. The Hall–Kier alpha value is -1.39. The third-order valence-corrected chi connectivity index (χ3v) is 4.12. The Morgan fingerprint density at radius 2 is 1.76 bits per heavy atom. The van der Waals surface area contributed by atoms with Gasteiger partial charge in [-0.15, -0.1) is 11.8 Å². The van der Waals surface area contributed by atoms with Gasteiger partial charge in [-0.25, -0.2) is 8.78 Å². The molecule has 0 saturated heterocycles. The standard InChI is InChI=1S/C17H19F2NS/c1-3-20-17(14-6-5-7-15(18)16(14)19)12-8-10-13(11-9-12)21-4-2/h5-11,17,20H,3-4H2,1-2H3. The van der Waals surface area contributed by atoms with E-state index in [0.717, 1.165) is 17.4 Å². The lowest BCUT2D eigenvalue weighted by molar-refractivity contribution is 0.483. The second-order valence-corrected chi connectivity index (χ2v) is 5.97. The van der Waals surface area contributed by atoms with E-state index in [2.05, 4.69) is 12.2 Å². The van der Waals surface area contributed by atoms with Gasteiger partial charge >= 0.3 is 0 Å². The molecule has 0 aliphatic rings. The van der Waals surface area contributed by atoms with Crippen LogP contribution < -0.4 is 5.32 Å². The normalized spacial score (nSPS) is 12.4. The highest BCUT2D eigenvalue weighted by atomic mass is 32.2. The van der Waals surface area contributed by atoms with Gasteiger partial charge in [-0.05, 0) is 36.1 Å². The highest BCUT2D eigenvalue weighted by Gasteiger charge is 2.19. The van der Waals surface area contributed by atoms with Gasteiger partial charge in [0.15, 0.2) is 11.6 Å². The van der Waals surface area contributed by atoms with E-state index in [4.69, 9.17) is 0 Å². The van der Waals surface area contributed by atoms with Crippen LogP contribution in [0.15, 0.2) is 47.4 Å². The van der Waals surface area contributed by atoms with Crippen LogP contribution >= 0.6 is 11.8 Å². The molecule has 0 spiro atoms. The first-order chi connectivity index (χ1) is 10.2. The Morgan fingerprint density at radius 1 is 1.05 bits per heavy atom. The van der Waals surface area contributed by atoms with Crippen LogP contribution in [0, 0.1) is 11.6 Å². The molecule has 4 heteroatoms. The molecule has 1 nitrogen and oxygen atoms in total. The SMILES string of the molecule is CCNC(c1ccc(SCC)cc1)c1cccc(F)c1F. The van der Waals surface area contributed by atoms with Gasteiger partial charge in [0.05, 0.1) is 6.04 Å². The molecule has 0 heterocycles. The van der Waals surface area contributed by atoms with Crippen molar-refractivity contribution in [2.24, 2.45) is 0 Å². The van der Waals surface area contributed by atoms with Crippen LogP contribution in [0.25, 0.3) is 0 Å². The van der Waals surface area contributed by atoms with Gasteiger partial charge in [-0.3, -0.25) is 0 Å². The Labute approximate surface area is 128 Å². The van der Waals surface area contributed by atoms with Crippen LogP contribution in [-0.2, 0) is 0 Å². The lowest BCUT2D eigenvalue weighted by atomic mass is 9.98. The van der Waals surface area contributed by atoms with Gasteiger partial charge in [-0.2, -0.15) is 0 Å². The molecule has 0 saturated carbocycles. The van der Waals surface area contributed by atoms with Crippen molar-refractivity contribution in [3.8, 4) is 0 Å². The summed E-state index contributed by atoms with van der Waals surface area (Å²) in [5, 5.41) is 3.22. The van der Waals surface area contributed by atoms with Crippen LogP contribution in [0.5, 0.6) is 0 Å². The zero-order valence-corrected chi connectivity index (χ0v) is 13.0. The topological polar surface area (TPSA) is 12.0 Å². The summed E-state index contributed by atoms with van der Waals surface area (Å²) in [5.74, 6) is -0.585. The molecule has 0 fully saturated rings. The predicted octanol–water partition coefficient (Wildman–Crippen LogP) is 4.78. The van der Waals surface area contributed by atoms with E-state index in [1.807, 2.05) is 31.2 Å². The zero-order valence-electron chi connectivity index (χ0n) is 12.2. The van der Waals surface area contributed by atoms with Crippen molar-refractivity contribution in [3.63, 3.8) is 0 Å². The quantitative estimate of drug-likeness (QED) is 0.771. The molecule has 1 unspecified atom stereocenters. The number of rotatable bonds is 6. The van der Waals surface area contributed by atoms with E-state index >= 15 is 0 Å². The first kappa shape index (κ1) is 16.0. The molecule has 0 aliphatic carbocycles. The Bertz CT molecular complexity index is 584. The van der Waals surface area contributed by atoms with E-state index in [-0.39, 0.29) is 6.04 Å². The third-order valence-electron chi connectivity index (χ3n) is 3.23. The van der Waals surface area contributed by atoms with Crippen molar-refractivity contribution >= 4 is 11.8 Å². The zero-order chi connectivity index (χ0) is 15.2. The lowest BCUT2D eigenvalue weighted by Crippen LogP contribution is -2.23. The molecule has 112 valence electrons. The average molecular weight is 307 g/mol. The fraction of sp³-hybridized carbons (Fsp3) is 0.294. The van der Waals surface area contributed by atoms with Crippen LogP contribution in [0.4, 0.5) is 8.78 Å². The van der Waals surface area contributed by atoms with Crippen molar-refractivity contribution < 1.29 is 8.78 Å². The summed E-state index contributed by atoms with van der Waals surface area (Å²) in [6, 6.07) is 11.9. The van der Waals surface area contributed by atoms with E-state index in [1.54, 1.807) is 23.9 Å². The number of nitrogens with one attached hydrogen (secondary N) is 1. The van der Waals surface area contributed by atoms with E-state index in [9.17, 15) is 8.78 Å². The first-order valence-electron chi connectivity index (χ1n) is 7.07. The molecule has 1 atom stereocenters. The minimum absolute atomic E-state index is 0.341. The van der Waals surface area contributed by atoms with Gasteiger partial charge in [0.2, 0.25) is 0 Å². The smallest absolute Gasteiger partial charge is 0.163 e. The summed E-state index contributed by atoms with van der Waals surface area (Å²) in [5.41, 5.74) is 1.27. The van der Waals surface area contributed by atoms with Crippen molar-refractivity contribution in [2.75, 3.05) is 12.3 Å². The van der Waals surface area contributed by atoms with Crippen molar-refractivity contribution in [2.45, 2.75) is 24.8 Å². The largest absolute Gasteiger partial charge is 0.306 e. The molecule has 0 amide bonds. The highest BCUT2D eigenvalue weighted by Crippen LogP contribution is 2.27. The van der Waals surface area contributed by atoms with Crippen LogP contribution in [-0.4, -0.2) is 12.3 Å². The number of benzene rings is 2. The summed E-state index contributed by atoms with van der Waals surface area (Å²) < 4.78 is 27.5. The Morgan fingerprint density at radius 3 is 2.38 bits per heavy atom. The third kappa shape index (κ3) is 3.83. The molecule has 2 rings (SSSR count). The Balaban J connectivity index is 2.36. The van der Waals surface area contributed by atoms with E-state index in [1.165, 1.54) is 4.90 Å². The van der Waals surface area contributed by atoms with Gasteiger partial charge in [0.1, 0.15) is 0 Å². The monoisotopic (exact) mass is 307 g/mol. The fourth-order valence-corrected chi connectivity index (χ4v) is 2.94. The van der Waals surface area contributed by atoms with Crippen LogP contribution in [0.3, 0.4) is 0 Å². The number of thioether (sulfide) groups is 1. The predicted molar refractivity (Wildman–Crippen MR) is 84.7 cm³/mol. The molecular weight excluding hydrogens is 288 g/mol. The maximum absolute atomic E-state index is 14.0. The number of hydrogen-bond donors (Lipinski definition) is 1. The van der Waals surface area contributed by atoms with Gasteiger partial charge in [0, 0.05) is 10.5 Å². The van der Waals surface area contributed by atoms with Crippen molar-refractivity contribution in [1.29, 1.82) is 0 Å². The summed E-state index contributed by atoms with van der Waals surface area (Å²) in [6.07, 6.45) is 0. The lowest BCUT2D eigenvalue weighted by Gasteiger charge is -2.20. The Kier molecular flexibility index (Phi) is 5.76. The van der Waals surface area contributed by atoms with Crippen molar-refractivity contribution in [1.82, 2.24) is 5.32 Å². The molecule has 1 N–H and O–H groups in total. The highest BCUT2D eigenvalue weighted by molar-refractivity contribution is 7.99. The van der Waals surface area contributed by atoms with Crippen LogP contribution in [0.2, 0.25) is 0 Å². The van der Waals surface area contributed by atoms with Gasteiger partial charge < -0.3 is 5.32 Å². The second-order valence-electron chi connectivity index (χ2n) is 4.64. The van der Waals surface area contributed by atoms with E-state index in [0.29, 0.717) is 12.1 Å². The summed E-state index contributed by atoms with van der Waals surface area (Å²) in [7, 11) is 0. The van der Waals surface area contributed by atoms with Crippen molar-refractivity contribution in [3.05, 3.63) is 65.2 Å². The molecular formula is C17H19F2NS. The minimum Gasteiger partial charge on any atom is -0.306 e. The number of halogens is 2. The summed E-state index contributed by atoms with van der Waals surface area (Å²) in [4.78, 5) is 1.18. The molecule has 0 aliphatic heterocycles. The molecule has 0 radical (unpaired) electrons. The maximum Gasteiger partial charge on any atom is 0.163 e. The van der Waals surface area contributed by atoms with Gasteiger partial charge in [-0.1, -0.05) is 38.1 Å². The molecule has 2 aromatic rings. The molecule has 2 aromatic carbocycles. The molecule has 21 heavy (non-hydrogen) atoms. The molecule has 0 bridgehead atoms. The number of hydrogen-bond acceptors (Lipinski definition) is 2. The molecule has 0 aromatic heterocycles. The van der Waals surface area contributed by atoms with E-state index < -0.39 is 11.6 Å². The minimum atomic E-state index is -0.812. The van der Waals surface area contributed by atoms with Crippen LogP contribution in [0.1, 0.15) is 31.0 Å². The second kappa shape index (κ2) is 7.57. The fourth-order valence-electron chi connectivity index (χ4n) is 2.28. The maximum atomic E-state index is 14.0. The summed E-state index contributed by atoms with van der Waals surface area (Å²) in [6.45, 7) is 4.72. The summed E-state index contributed by atoms with van der Waals surface area (Å²) >= 11 is 1.76. The van der Waals surface area contributed by atoms with Gasteiger partial charge in [0.25, 0.3) is 0 Å².